The Balaban J connectivity index is 1.08. The number of hydrogen-bond donors (Lipinski definition) is 6. The Kier molecular flexibility index (Phi) is 6.64. The molecule has 6 rings (SSSR count). The largest absolute Gasteiger partial charge is 0.477 e. The molecule has 6 heterocycles. The van der Waals surface area contributed by atoms with Crippen molar-refractivity contribution in [3.63, 3.8) is 0 Å². The summed E-state index contributed by atoms with van der Waals surface area (Å²) in [7, 11) is 0. The molecular weight excluding hydrogens is 542 g/mol. The molecule has 4 fully saturated rings. The van der Waals surface area contributed by atoms with Crippen LogP contribution < -0.4 is 21.3 Å². The van der Waals surface area contributed by atoms with Crippen LogP contribution in [0.15, 0.2) is 16.9 Å². The molecule has 17 heteroatoms. The minimum Gasteiger partial charge on any atom is -0.477 e. The highest BCUT2D eigenvalue weighted by atomic mass is 32.2. The fourth-order valence-corrected chi connectivity index (χ4v) is 8.03. The molecule has 5 aliphatic heterocycles. The van der Waals surface area contributed by atoms with Gasteiger partial charge in [0.2, 0.25) is 17.7 Å². The van der Waals surface area contributed by atoms with Crippen LogP contribution in [0.25, 0.3) is 0 Å². The molecule has 3 amide bonds. The number of guanidine groups is 1. The van der Waals surface area contributed by atoms with Gasteiger partial charge in [-0.1, -0.05) is 6.92 Å². The third-order valence-corrected chi connectivity index (χ3v) is 9.90. The summed E-state index contributed by atoms with van der Waals surface area (Å²) in [5, 5.41) is 40.6. The number of hydrogen-bond acceptors (Lipinski definition) is 10. The van der Waals surface area contributed by atoms with E-state index < -0.39 is 17.9 Å². The van der Waals surface area contributed by atoms with E-state index in [2.05, 4.69) is 36.8 Å². The lowest BCUT2D eigenvalue weighted by atomic mass is 9.78. The second kappa shape index (κ2) is 10.0. The van der Waals surface area contributed by atoms with Gasteiger partial charge >= 0.3 is 5.97 Å². The fraction of sp³-hybridized carbons (Fsp3) is 0.652. The predicted molar refractivity (Wildman–Crippen MR) is 139 cm³/mol. The van der Waals surface area contributed by atoms with Gasteiger partial charge in [-0.15, -0.1) is 16.9 Å². The highest BCUT2D eigenvalue weighted by Gasteiger charge is 2.60. The zero-order valence-electron chi connectivity index (χ0n) is 21.9. The minimum atomic E-state index is -1.16. The van der Waals surface area contributed by atoms with Gasteiger partial charge in [-0.2, -0.15) is 0 Å². The number of carboxylic acids is 1. The van der Waals surface area contributed by atoms with Crippen molar-refractivity contribution in [1.29, 1.82) is 5.41 Å². The Morgan fingerprint density at radius 2 is 2.00 bits per heavy atom. The van der Waals surface area contributed by atoms with E-state index in [1.165, 1.54) is 27.7 Å². The maximum absolute atomic E-state index is 13.2. The van der Waals surface area contributed by atoms with Crippen LogP contribution in [0.4, 0.5) is 0 Å². The smallest absolute Gasteiger partial charge is 0.353 e. The van der Waals surface area contributed by atoms with Crippen LogP contribution in [0, 0.1) is 17.2 Å². The van der Waals surface area contributed by atoms with Crippen LogP contribution in [0.3, 0.4) is 0 Å². The second-order valence-electron chi connectivity index (χ2n) is 11.0. The third kappa shape index (κ3) is 4.46. The molecule has 0 saturated carbocycles. The molecule has 0 radical (unpaired) electrons. The molecule has 0 bridgehead atoms. The van der Waals surface area contributed by atoms with Gasteiger partial charge in [0, 0.05) is 41.7 Å². The number of carboxylic acid groups (broad SMARTS) is 1. The van der Waals surface area contributed by atoms with E-state index in [9.17, 15) is 24.3 Å². The first kappa shape index (κ1) is 26.5. The molecule has 214 valence electrons. The van der Waals surface area contributed by atoms with Crippen LogP contribution in [0.2, 0.25) is 0 Å². The molecule has 6 N–H and O–H groups in total. The van der Waals surface area contributed by atoms with Gasteiger partial charge in [0.05, 0.1) is 30.1 Å². The molecule has 4 saturated heterocycles. The van der Waals surface area contributed by atoms with Gasteiger partial charge in [0.1, 0.15) is 18.6 Å². The predicted octanol–water partition coefficient (Wildman–Crippen LogP) is -2.88. The summed E-state index contributed by atoms with van der Waals surface area (Å²) in [6, 6.07) is -1.19. The maximum Gasteiger partial charge on any atom is 0.353 e. The molecule has 1 unspecified atom stereocenters. The van der Waals surface area contributed by atoms with E-state index in [4.69, 9.17) is 5.41 Å². The normalized spacial score (nSPS) is 33.3. The number of carbonyl (C=O) groups excluding carboxylic acids is 3. The molecule has 0 spiro atoms. The number of tetrazole rings is 1. The number of β-lactam (4-membered cyclic amide) rings is 1. The second-order valence-corrected chi connectivity index (χ2v) is 12.3. The first-order valence-corrected chi connectivity index (χ1v) is 14.1. The lowest BCUT2D eigenvalue weighted by molar-refractivity contribution is -0.158. The number of aromatic nitrogens is 4. The summed E-state index contributed by atoms with van der Waals surface area (Å²) in [6.45, 7) is 5.17. The molecule has 0 aliphatic carbocycles. The molecule has 0 aromatic carbocycles. The highest BCUT2D eigenvalue weighted by molar-refractivity contribution is 8.03. The van der Waals surface area contributed by atoms with Crippen molar-refractivity contribution >= 4 is 41.4 Å². The van der Waals surface area contributed by atoms with Crippen LogP contribution in [-0.4, -0.2) is 120 Å². The van der Waals surface area contributed by atoms with E-state index in [0.29, 0.717) is 31.0 Å². The van der Waals surface area contributed by atoms with E-state index in [1.54, 1.807) is 11.8 Å². The van der Waals surface area contributed by atoms with E-state index >= 15 is 0 Å². The Morgan fingerprint density at radius 1 is 1.27 bits per heavy atom. The number of thioether (sulfide) groups is 1. The number of nitrogens with one attached hydrogen (secondary N) is 5. The average Bonchev–Trinajstić information content (AvgIpc) is 3.70. The molecule has 1 aromatic heterocycles. The fourth-order valence-electron chi connectivity index (χ4n) is 6.56. The van der Waals surface area contributed by atoms with Gasteiger partial charge in [-0.25, -0.2) is 9.48 Å². The number of fused-ring (bicyclic) bond motifs is 2. The number of aliphatic carboxylic acids is 1. The summed E-state index contributed by atoms with van der Waals surface area (Å²) < 4.78 is 1.27. The summed E-state index contributed by atoms with van der Waals surface area (Å²) >= 11 is 1.43. The average molecular weight is 574 g/mol. The van der Waals surface area contributed by atoms with Crippen LogP contribution in [-0.2, 0) is 25.7 Å². The van der Waals surface area contributed by atoms with Crippen molar-refractivity contribution < 1.29 is 24.3 Å². The van der Waals surface area contributed by atoms with Crippen molar-refractivity contribution in [2.24, 2.45) is 11.8 Å². The molecule has 1 aromatic rings. The minimum absolute atomic E-state index is 0.00212. The maximum atomic E-state index is 13.2. The van der Waals surface area contributed by atoms with Gasteiger partial charge in [0.15, 0.2) is 5.96 Å². The summed E-state index contributed by atoms with van der Waals surface area (Å²) in [5.74, 6) is -2.34. The van der Waals surface area contributed by atoms with Gasteiger partial charge in [-0.3, -0.25) is 19.8 Å². The van der Waals surface area contributed by atoms with Gasteiger partial charge in [0.25, 0.3) is 0 Å². The monoisotopic (exact) mass is 573 g/mol. The molecular formula is C23H31N11O5S. The number of rotatable bonds is 8. The summed E-state index contributed by atoms with van der Waals surface area (Å²) in [5.41, 5.74) is -0.00212. The van der Waals surface area contributed by atoms with Gasteiger partial charge in [-0.05, 0) is 23.8 Å². The topological polar surface area (TPSA) is 211 Å². The Bertz CT molecular complexity index is 1270. The molecule has 16 nitrogen and oxygen atoms in total. The Morgan fingerprint density at radius 3 is 2.65 bits per heavy atom. The van der Waals surface area contributed by atoms with E-state index in [1.807, 2.05) is 6.92 Å². The lowest BCUT2D eigenvalue weighted by Crippen LogP contribution is -2.66. The molecule has 5 aliphatic rings. The third-order valence-electron chi connectivity index (χ3n) is 8.39. The van der Waals surface area contributed by atoms with Crippen molar-refractivity contribution in [1.82, 2.24) is 51.3 Å². The zero-order chi connectivity index (χ0) is 28.3. The van der Waals surface area contributed by atoms with E-state index in [0.717, 1.165) is 0 Å². The summed E-state index contributed by atoms with van der Waals surface area (Å²) in [4.78, 5) is 54.9. The quantitative estimate of drug-likeness (QED) is 0.173. The lowest BCUT2D eigenvalue weighted by Gasteiger charge is -2.47. The van der Waals surface area contributed by atoms with Crippen molar-refractivity contribution in [2.75, 3.05) is 19.6 Å². The molecule has 40 heavy (non-hydrogen) atoms. The number of carbonyl (C=O) groups is 4. The van der Waals surface area contributed by atoms with Crippen LogP contribution >= 0.6 is 11.8 Å². The highest BCUT2D eigenvalue weighted by Crippen LogP contribution is 2.51. The zero-order valence-corrected chi connectivity index (χ0v) is 22.7. The summed E-state index contributed by atoms with van der Waals surface area (Å²) in [6.07, 6.45) is 1.86. The Labute approximate surface area is 233 Å². The standard InChI is InChI=1S/C23H31N11O5S/c1-9-17-16(10(2)27-15(35)7-33-8-26-30-31-33)21(37)34(17)18(22(38)39)19(9)40-11-3-12(25-4-11)20(36)32-5-13-14(6-32)29-23(24)28-13/h8-14,16-17,25H,3-7H2,1-2H3,(H,27,35)(H,38,39)(H3,24,28,29)/t9-,10?,11+,12+,13-,14+,16-,17-/m1/s1. The van der Waals surface area contributed by atoms with E-state index in [-0.39, 0.29) is 71.3 Å². The molecule has 8 atom stereocenters. The van der Waals surface area contributed by atoms with Gasteiger partial charge < -0.3 is 36.2 Å². The first-order valence-electron chi connectivity index (χ1n) is 13.2. The number of amides is 3. The first-order chi connectivity index (χ1) is 19.1. The SMILES string of the molecule is CC(NC(=O)Cn1cnnn1)[C@H]1C(=O)N2C(C(=O)O)=C(S[C@@H]3CN[C@H](C(=O)N4C[C@@H]5NC(=N)N[C@@H]5C4)C3)[C@H](C)[C@H]12. The van der Waals surface area contributed by atoms with Crippen LogP contribution in [0.5, 0.6) is 0 Å². The number of likely N-dealkylation sites (tertiary alicyclic amines) is 1. The van der Waals surface area contributed by atoms with Crippen molar-refractivity contribution in [2.45, 2.75) is 62.3 Å². The van der Waals surface area contributed by atoms with Crippen molar-refractivity contribution in [3.8, 4) is 0 Å². The van der Waals surface area contributed by atoms with Crippen LogP contribution in [0.1, 0.15) is 20.3 Å². The van der Waals surface area contributed by atoms with Crippen molar-refractivity contribution in [3.05, 3.63) is 16.9 Å². The number of nitrogens with zero attached hydrogens (tertiary/aromatic N) is 6. The Hall–Kier alpha value is -3.73.